The van der Waals surface area contributed by atoms with Crippen LogP contribution in [0.4, 0.5) is 5.82 Å². The van der Waals surface area contributed by atoms with Crippen molar-refractivity contribution >= 4 is 28.7 Å². The van der Waals surface area contributed by atoms with Crippen LogP contribution in [0.2, 0.25) is 0 Å². The Morgan fingerprint density at radius 1 is 1.56 bits per heavy atom. The number of imidazole rings is 1. The molecule has 4 nitrogen and oxygen atoms in total. The summed E-state index contributed by atoms with van der Waals surface area (Å²) < 4.78 is 2.08. The summed E-state index contributed by atoms with van der Waals surface area (Å²) in [6, 6.07) is 6.10. The van der Waals surface area contributed by atoms with Gasteiger partial charge in [0.25, 0.3) is 0 Å². The molecular formula is C13H18N4S. The second-order valence-electron chi connectivity index (χ2n) is 4.38. The monoisotopic (exact) mass is 262 g/mol. The van der Waals surface area contributed by atoms with Crippen molar-refractivity contribution in [3.8, 4) is 0 Å². The number of nitrogens with zero attached hydrogens (tertiary/aromatic N) is 3. The number of hydrogen-bond donors (Lipinski definition) is 1. The number of thiocarbonyl (C=S) groups is 1. The lowest BCUT2D eigenvalue weighted by Gasteiger charge is -2.26. The Labute approximate surface area is 112 Å². The minimum Gasteiger partial charge on any atom is -0.393 e. The molecule has 0 bridgehead atoms. The van der Waals surface area contributed by atoms with E-state index in [4.69, 9.17) is 18.0 Å². The average molecular weight is 262 g/mol. The van der Waals surface area contributed by atoms with Gasteiger partial charge in [0.15, 0.2) is 0 Å². The smallest absolute Gasteiger partial charge is 0.138 e. The van der Waals surface area contributed by atoms with Crippen LogP contribution in [0.25, 0.3) is 5.65 Å². The van der Waals surface area contributed by atoms with Crippen LogP contribution in [0.5, 0.6) is 0 Å². The van der Waals surface area contributed by atoms with Gasteiger partial charge < -0.3 is 10.6 Å². The quantitative estimate of drug-likeness (QED) is 0.838. The predicted molar refractivity (Wildman–Crippen MR) is 79.0 cm³/mol. The van der Waals surface area contributed by atoms with E-state index >= 15 is 0 Å². The molecule has 0 spiro atoms. The van der Waals surface area contributed by atoms with Crippen molar-refractivity contribution in [3.63, 3.8) is 0 Å². The molecule has 1 atom stereocenters. The van der Waals surface area contributed by atoms with Crippen LogP contribution in [0, 0.1) is 5.92 Å². The minimum absolute atomic E-state index is 0.193. The Bertz CT molecular complexity index is 549. The lowest BCUT2D eigenvalue weighted by atomic mass is 10.1. The molecule has 2 heterocycles. The van der Waals surface area contributed by atoms with E-state index in [2.05, 4.69) is 34.2 Å². The number of aromatic nitrogens is 2. The van der Waals surface area contributed by atoms with Crippen molar-refractivity contribution in [2.75, 3.05) is 18.0 Å². The van der Waals surface area contributed by atoms with Gasteiger partial charge in [-0.1, -0.05) is 25.2 Å². The number of fused-ring (bicyclic) bond motifs is 1. The Balaban J connectivity index is 2.32. The first-order valence-electron chi connectivity index (χ1n) is 6.09. The zero-order chi connectivity index (χ0) is 13.1. The molecule has 2 rings (SSSR count). The van der Waals surface area contributed by atoms with Gasteiger partial charge in [-0.3, -0.25) is 4.40 Å². The van der Waals surface area contributed by atoms with Crippen LogP contribution in [-0.4, -0.2) is 27.5 Å². The van der Waals surface area contributed by atoms with Gasteiger partial charge in [0.2, 0.25) is 0 Å². The summed E-state index contributed by atoms with van der Waals surface area (Å²) in [5.74, 6) is 1.31. The molecule has 2 aromatic heterocycles. The van der Waals surface area contributed by atoms with Crippen LogP contribution in [0.3, 0.4) is 0 Å². The third-order valence-corrected chi connectivity index (χ3v) is 3.49. The highest BCUT2D eigenvalue weighted by Gasteiger charge is 2.13. The molecule has 18 heavy (non-hydrogen) atoms. The lowest BCUT2D eigenvalue weighted by Crippen LogP contribution is -2.34. The summed E-state index contributed by atoms with van der Waals surface area (Å²) in [6.07, 6.45) is 3.78. The van der Waals surface area contributed by atoms with Crippen LogP contribution < -0.4 is 10.6 Å². The van der Waals surface area contributed by atoms with Crippen molar-refractivity contribution in [2.45, 2.75) is 13.8 Å². The maximum atomic E-state index is 5.70. The summed E-state index contributed by atoms with van der Waals surface area (Å²) in [5, 5.41) is 0. The number of anilines is 1. The zero-order valence-corrected chi connectivity index (χ0v) is 11.5. The van der Waals surface area contributed by atoms with Crippen molar-refractivity contribution in [3.05, 3.63) is 30.6 Å². The van der Waals surface area contributed by atoms with Gasteiger partial charge in [0, 0.05) is 31.4 Å². The molecule has 0 radical (unpaired) electrons. The molecule has 0 aliphatic carbocycles. The van der Waals surface area contributed by atoms with Gasteiger partial charge in [-0.05, 0) is 19.1 Å². The van der Waals surface area contributed by atoms with Crippen LogP contribution >= 0.6 is 12.2 Å². The molecule has 5 heteroatoms. The molecule has 0 aromatic carbocycles. The Morgan fingerprint density at radius 3 is 3.00 bits per heavy atom. The number of pyridine rings is 1. The SMILES string of the molecule is CCN(CC(C)C(N)=S)c1cccc2nccn12. The molecular weight excluding hydrogens is 244 g/mol. The molecule has 96 valence electrons. The second-order valence-corrected chi connectivity index (χ2v) is 4.85. The number of rotatable bonds is 5. The molecule has 0 aliphatic heterocycles. The van der Waals surface area contributed by atoms with Gasteiger partial charge in [-0.15, -0.1) is 0 Å². The Kier molecular flexibility index (Phi) is 3.81. The number of nitrogens with two attached hydrogens (primary N) is 1. The van der Waals surface area contributed by atoms with Crippen molar-refractivity contribution in [1.29, 1.82) is 0 Å². The Hall–Kier alpha value is -1.62. The first-order valence-corrected chi connectivity index (χ1v) is 6.50. The highest BCUT2D eigenvalue weighted by atomic mass is 32.1. The summed E-state index contributed by atoms with van der Waals surface area (Å²) in [7, 11) is 0. The van der Waals surface area contributed by atoms with E-state index in [1.165, 1.54) is 0 Å². The minimum atomic E-state index is 0.193. The average Bonchev–Trinajstić information content (AvgIpc) is 2.83. The maximum Gasteiger partial charge on any atom is 0.138 e. The predicted octanol–water partition coefficient (Wildman–Crippen LogP) is 2.08. The fourth-order valence-electron chi connectivity index (χ4n) is 2.00. The highest BCUT2D eigenvalue weighted by molar-refractivity contribution is 7.80. The van der Waals surface area contributed by atoms with Crippen LogP contribution in [-0.2, 0) is 0 Å². The fourth-order valence-corrected chi connectivity index (χ4v) is 2.07. The topological polar surface area (TPSA) is 46.6 Å². The van der Waals surface area contributed by atoms with Gasteiger partial charge >= 0.3 is 0 Å². The van der Waals surface area contributed by atoms with E-state index in [9.17, 15) is 0 Å². The van der Waals surface area contributed by atoms with Gasteiger partial charge in [-0.2, -0.15) is 0 Å². The van der Waals surface area contributed by atoms with Gasteiger partial charge in [0.1, 0.15) is 11.5 Å². The lowest BCUT2D eigenvalue weighted by molar-refractivity contribution is 0.696. The summed E-state index contributed by atoms with van der Waals surface area (Å²) in [6.45, 7) is 5.91. The molecule has 0 amide bonds. The second kappa shape index (κ2) is 5.35. The number of hydrogen-bond acceptors (Lipinski definition) is 3. The normalized spacial score (nSPS) is 12.6. The Morgan fingerprint density at radius 2 is 2.33 bits per heavy atom. The largest absolute Gasteiger partial charge is 0.393 e. The van der Waals surface area contributed by atoms with E-state index < -0.39 is 0 Å². The van der Waals surface area contributed by atoms with Crippen LogP contribution in [0.1, 0.15) is 13.8 Å². The van der Waals surface area contributed by atoms with E-state index in [1.807, 2.05) is 24.5 Å². The zero-order valence-electron chi connectivity index (χ0n) is 10.7. The van der Waals surface area contributed by atoms with Gasteiger partial charge in [-0.25, -0.2) is 4.98 Å². The van der Waals surface area contributed by atoms with Gasteiger partial charge in [0.05, 0.1) is 4.99 Å². The molecule has 1 unspecified atom stereocenters. The molecule has 2 N–H and O–H groups in total. The third-order valence-electron chi connectivity index (χ3n) is 3.09. The maximum absolute atomic E-state index is 5.70. The van der Waals surface area contributed by atoms with E-state index in [0.29, 0.717) is 4.99 Å². The van der Waals surface area contributed by atoms with Crippen molar-refractivity contribution in [1.82, 2.24) is 9.38 Å². The highest BCUT2D eigenvalue weighted by Crippen LogP contribution is 2.17. The summed E-state index contributed by atoms with van der Waals surface area (Å²) >= 11 is 5.05. The first kappa shape index (κ1) is 12.8. The van der Waals surface area contributed by atoms with E-state index in [0.717, 1.165) is 24.6 Å². The van der Waals surface area contributed by atoms with E-state index in [-0.39, 0.29) is 5.92 Å². The molecule has 0 saturated heterocycles. The van der Waals surface area contributed by atoms with Crippen molar-refractivity contribution in [2.24, 2.45) is 11.7 Å². The molecule has 0 aliphatic rings. The summed E-state index contributed by atoms with van der Waals surface area (Å²) in [4.78, 5) is 7.12. The molecule has 2 aromatic rings. The van der Waals surface area contributed by atoms with Crippen LogP contribution in [0.15, 0.2) is 30.6 Å². The molecule has 0 saturated carbocycles. The standard InChI is InChI=1S/C13H18N4S/c1-3-16(9-10(2)13(14)18)12-6-4-5-11-15-7-8-17(11)12/h4-8,10H,3,9H2,1-2H3,(H2,14,18). The van der Waals surface area contributed by atoms with Crippen molar-refractivity contribution < 1.29 is 0 Å². The fraction of sp³-hybridized carbons (Fsp3) is 0.385. The molecule has 0 fully saturated rings. The van der Waals surface area contributed by atoms with E-state index in [1.54, 1.807) is 0 Å². The third kappa shape index (κ3) is 2.46. The first-order chi connectivity index (χ1) is 8.63. The summed E-state index contributed by atoms with van der Waals surface area (Å²) in [5.41, 5.74) is 6.65.